The number of carbonyl (C=O) groups excluding carboxylic acids is 4. The minimum absolute atomic E-state index is 0.191. The third-order valence-corrected chi connectivity index (χ3v) is 6.81. The molecule has 0 saturated carbocycles. The van der Waals surface area contributed by atoms with E-state index in [9.17, 15) is 19.2 Å². The maximum absolute atomic E-state index is 13.2. The second-order valence-corrected chi connectivity index (χ2v) is 9.22. The SMILES string of the molecule is O=C(O[C@H](C(=O)c1ccccc1)c1ccc(Cl)cc1)c1ccc(N2C(=O)[C@H]3CC=CC[C@@H]3C2=O)cc1. The van der Waals surface area contributed by atoms with Gasteiger partial charge in [-0.1, -0.05) is 66.2 Å². The number of hydrogen-bond donors (Lipinski definition) is 0. The van der Waals surface area contributed by atoms with Gasteiger partial charge in [0, 0.05) is 16.1 Å². The van der Waals surface area contributed by atoms with E-state index < -0.39 is 12.1 Å². The van der Waals surface area contributed by atoms with Crippen LogP contribution in [0.3, 0.4) is 0 Å². The van der Waals surface area contributed by atoms with Gasteiger partial charge in [-0.15, -0.1) is 0 Å². The Balaban J connectivity index is 1.37. The molecule has 1 aliphatic heterocycles. The topological polar surface area (TPSA) is 80.8 Å². The molecule has 1 saturated heterocycles. The second-order valence-electron chi connectivity index (χ2n) is 8.78. The summed E-state index contributed by atoms with van der Waals surface area (Å²) in [5.74, 6) is -2.19. The van der Waals surface area contributed by atoms with Crippen LogP contribution >= 0.6 is 11.6 Å². The number of ketones is 1. The van der Waals surface area contributed by atoms with Crippen LogP contribution in [0.4, 0.5) is 5.69 Å². The van der Waals surface area contributed by atoms with Crippen molar-refractivity contribution in [1.29, 1.82) is 0 Å². The van der Waals surface area contributed by atoms with Crippen molar-refractivity contribution in [2.75, 3.05) is 4.90 Å². The Morgan fingerprint density at radius 3 is 1.94 bits per heavy atom. The zero-order chi connectivity index (χ0) is 25.2. The van der Waals surface area contributed by atoms with E-state index in [2.05, 4.69) is 0 Å². The Bertz CT molecular complexity index is 1320. The first-order chi connectivity index (χ1) is 17.4. The first-order valence-corrected chi connectivity index (χ1v) is 12.0. The average Bonchev–Trinajstić information content (AvgIpc) is 3.17. The Morgan fingerprint density at radius 2 is 1.36 bits per heavy atom. The maximum Gasteiger partial charge on any atom is 0.339 e. The van der Waals surface area contributed by atoms with Crippen LogP contribution in [0.2, 0.25) is 5.02 Å². The molecule has 7 heteroatoms. The van der Waals surface area contributed by atoms with E-state index in [1.807, 2.05) is 12.2 Å². The van der Waals surface area contributed by atoms with Crippen LogP contribution < -0.4 is 4.90 Å². The van der Waals surface area contributed by atoms with Crippen LogP contribution in [0.5, 0.6) is 0 Å². The number of rotatable bonds is 6. The average molecular weight is 500 g/mol. The number of carbonyl (C=O) groups is 4. The zero-order valence-corrected chi connectivity index (χ0v) is 19.9. The highest BCUT2D eigenvalue weighted by molar-refractivity contribution is 6.30. The van der Waals surface area contributed by atoms with Crippen molar-refractivity contribution in [2.24, 2.45) is 11.8 Å². The van der Waals surface area contributed by atoms with Crippen molar-refractivity contribution in [3.8, 4) is 0 Å². The van der Waals surface area contributed by atoms with Gasteiger partial charge in [-0.05, 0) is 49.2 Å². The van der Waals surface area contributed by atoms with Crippen molar-refractivity contribution >= 4 is 40.9 Å². The minimum Gasteiger partial charge on any atom is -0.445 e. The van der Waals surface area contributed by atoms with Gasteiger partial charge in [-0.2, -0.15) is 0 Å². The normalized spacial score (nSPS) is 19.6. The lowest BCUT2D eigenvalue weighted by Gasteiger charge is -2.18. The third-order valence-electron chi connectivity index (χ3n) is 6.56. The van der Waals surface area contributed by atoms with Crippen LogP contribution in [0.1, 0.15) is 45.2 Å². The molecule has 180 valence electrons. The number of Topliss-reactive ketones (excluding diaryl/α,β-unsaturated/α-hetero) is 1. The van der Waals surface area contributed by atoms with Crippen molar-refractivity contribution < 1.29 is 23.9 Å². The lowest BCUT2D eigenvalue weighted by atomic mass is 9.85. The molecule has 0 aromatic heterocycles. The molecule has 0 spiro atoms. The second kappa shape index (κ2) is 9.91. The number of nitrogens with zero attached hydrogens (tertiary/aromatic N) is 1. The maximum atomic E-state index is 13.2. The van der Waals surface area contributed by atoms with Crippen LogP contribution in [-0.2, 0) is 14.3 Å². The summed E-state index contributed by atoms with van der Waals surface area (Å²) < 4.78 is 5.68. The quantitative estimate of drug-likeness (QED) is 0.191. The fourth-order valence-electron chi connectivity index (χ4n) is 4.64. The number of fused-ring (bicyclic) bond motifs is 1. The first-order valence-electron chi connectivity index (χ1n) is 11.6. The standard InChI is InChI=1S/C29H22ClNO5/c30-21-14-10-19(11-15-21)26(25(32)18-6-2-1-3-7-18)36-29(35)20-12-16-22(17-13-20)31-27(33)23-8-4-5-9-24(23)28(31)34/h1-7,10-17,23-24,26H,8-9H2/t23-,24-,26-/m0/s1. The lowest BCUT2D eigenvalue weighted by Crippen LogP contribution is -2.30. The van der Waals surface area contributed by atoms with Gasteiger partial charge in [-0.25, -0.2) is 4.79 Å². The van der Waals surface area contributed by atoms with Crippen LogP contribution in [-0.4, -0.2) is 23.6 Å². The van der Waals surface area contributed by atoms with Gasteiger partial charge in [0.1, 0.15) is 0 Å². The number of amides is 2. The molecule has 1 aliphatic carbocycles. The molecular formula is C29H22ClNO5. The van der Waals surface area contributed by atoms with E-state index in [1.54, 1.807) is 66.7 Å². The summed E-state index contributed by atoms with van der Waals surface area (Å²) in [6, 6.07) is 21.2. The van der Waals surface area contributed by atoms with Crippen molar-refractivity contribution in [3.63, 3.8) is 0 Å². The van der Waals surface area contributed by atoms with E-state index in [4.69, 9.17) is 16.3 Å². The molecule has 6 nitrogen and oxygen atoms in total. The van der Waals surface area contributed by atoms with Crippen molar-refractivity contribution in [1.82, 2.24) is 0 Å². The van der Waals surface area contributed by atoms with Gasteiger partial charge >= 0.3 is 5.97 Å². The molecule has 5 rings (SSSR count). The van der Waals surface area contributed by atoms with Gasteiger partial charge in [0.2, 0.25) is 17.6 Å². The van der Waals surface area contributed by atoms with Crippen molar-refractivity contribution in [3.05, 3.63) is 113 Å². The zero-order valence-electron chi connectivity index (χ0n) is 19.2. The van der Waals surface area contributed by atoms with E-state index in [0.29, 0.717) is 34.7 Å². The molecule has 2 amide bonds. The van der Waals surface area contributed by atoms with Gasteiger partial charge in [0.25, 0.3) is 0 Å². The summed E-state index contributed by atoms with van der Waals surface area (Å²) in [7, 11) is 0. The molecule has 1 fully saturated rings. The fourth-order valence-corrected chi connectivity index (χ4v) is 4.77. The number of benzene rings is 3. The van der Waals surface area contributed by atoms with Gasteiger partial charge in [0.05, 0.1) is 23.1 Å². The van der Waals surface area contributed by atoms with E-state index in [-0.39, 0.29) is 35.0 Å². The summed E-state index contributed by atoms with van der Waals surface area (Å²) in [5.41, 5.74) is 1.49. The van der Waals surface area contributed by atoms with Crippen molar-refractivity contribution in [2.45, 2.75) is 18.9 Å². The summed E-state index contributed by atoms with van der Waals surface area (Å²) in [5, 5.41) is 0.494. The Morgan fingerprint density at radius 1 is 0.778 bits per heavy atom. The van der Waals surface area contributed by atoms with E-state index in [1.165, 1.54) is 17.0 Å². The highest BCUT2D eigenvalue weighted by atomic mass is 35.5. The number of anilines is 1. The first kappa shape index (κ1) is 23.7. The lowest BCUT2D eigenvalue weighted by molar-refractivity contribution is -0.122. The van der Waals surface area contributed by atoms with Gasteiger partial charge < -0.3 is 4.74 Å². The summed E-state index contributed by atoms with van der Waals surface area (Å²) in [6.07, 6.45) is 3.80. The number of allylic oxidation sites excluding steroid dienone is 2. The minimum atomic E-state index is -1.17. The highest BCUT2D eigenvalue weighted by Gasteiger charge is 2.47. The van der Waals surface area contributed by atoms with Gasteiger partial charge in [-0.3, -0.25) is 19.3 Å². The Labute approximate surface area is 213 Å². The summed E-state index contributed by atoms with van der Waals surface area (Å²) >= 11 is 6.00. The number of ether oxygens (including phenoxy) is 1. The van der Waals surface area contributed by atoms with Crippen LogP contribution in [0.25, 0.3) is 0 Å². The summed E-state index contributed by atoms with van der Waals surface area (Å²) in [4.78, 5) is 53.1. The fraction of sp³-hybridized carbons (Fsp3) is 0.172. The molecule has 0 radical (unpaired) electrons. The molecule has 36 heavy (non-hydrogen) atoms. The molecule has 3 aromatic carbocycles. The number of halogens is 1. The number of esters is 1. The Kier molecular flexibility index (Phi) is 6.53. The molecule has 0 bridgehead atoms. The molecule has 0 unspecified atom stereocenters. The molecule has 1 heterocycles. The highest BCUT2D eigenvalue weighted by Crippen LogP contribution is 2.37. The summed E-state index contributed by atoms with van der Waals surface area (Å²) in [6.45, 7) is 0. The predicted octanol–water partition coefficient (Wildman–Crippen LogP) is 5.58. The predicted molar refractivity (Wildman–Crippen MR) is 135 cm³/mol. The van der Waals surface area contributed by atoms with Crippen LogP contribution in [0, 0.1) is 11.8 Å². The largest absolute Gasteiger partial charge is 0.445 e. The smallest absolute Gasteiger partial charge is 0.339 e. The van der Waals surface area contributed by atoms with E-state index >= 15 is 0 Å². The number of imide groups is 1. The monoisotopic (exact) mass is 499 g/mol. The van der Waals surface area contributed by atoms with Crippen LogP contribution in [0.15, 0.2) is 91.0 Å². The molecule has 2 aliphatic rings. The molecule has 0 N–H and O–H groups in total. The third kappa shape index (κ3) is 4.48. The van der Waals surface area contributed by atoms with E-state index in [0.717, 1.165) is 0 Å². The van der Waals surface area contributed by atoms with Gasteiger partial charge in [0.15, 0.2) is 6.10 Å². The number of hydrogen-bond acceptors (Lipinski definition) is 5. The molecule has 3 atom stereocenters. The molecular weight excluding hydrogens is 478 g/mol. The Hall–Kier alpha value is -4.03. The molecule has 3 aromatic rings.